The Morgan fingerprint density at radius 2 is 1.74 bits per heavy atom. The Morgan fingerprint density at radius 3 is 2.52 bits per heavy atom. The van der Waals surface area contributed by atoms with Crippen LogP contribution in [-0.4, -0.2) is 54.9 Å². The van der Waals surface area contributed by atoms with E-state index in [1.807, 2.05) is 12.1 Å². The zero-order chi connectivity index (χ0) is 19.2. The van der Waals surface area contributed by atoms with Crippen molar-refractivity contribution in [2.24, 2.45) is 0 Å². The first-order chi connectivity index (χ1) is 13.1. The van der Waals surface area contributed by atoms with Crippen LogP contribution in [-0.2, 0) is 11.2 Å². The maximum absolute atomic E-state index is 13.3. The Hall–Kier alpha value is -2.89. The van der Waals surface area contributed by atoms with Crippen LogP contribution in [0.5, 0.6) is 5.75 Å². The molecule has 3 rings (SSSR count). The third kappa shape index (κ3) is 4.64. The summed E-state index contributed by atoms with van der Waals surface area (Å²) >= 11 is 0. The molecule has 1 heterocycles. The molecule has 27 heavy (non-hydrogen) atoms. The van der Waals surface area contributed by atoms with Gasteiger partial charge in [0.05, 0.1) is 19.1 Å². The van der Waals surface area contributed by atoms with Gasteiger partial charge >= 0.3 is 0 Å². The molecule has 0 bridgehead atoms. The molecule has 6 heteroatoms. The molecule has 5 nitrogen and oxygen atoms in total. The molecule has 1 aliphatic rings. The summed E-state index contributed by atoms with van der Waals surface area (Å²) in [4.78, 5) is 28.9. The highest BCUT2D eigenvalue weighted by Gasteiger charge is 2.24. The van der Waals surface area contributed by atoms with Gasteiger partial charge in [0.25, 0.3) is 5.91 Å². The van der Waals surface area contributed by atoms with E-state index in [1.165, 1.54) is 12.1 Å². The lowest BCUT2D eigenvalue weighted by atomic mass is 10.1. The van der Waals surface area contributed by atoms with E-state index in [1.54, 1.807) is 41.2 Å². The van der Waals surface area contributed by atoms with Crippen LogP contribution in [0.15, 0.2) is 48.5 Å². The van der Waals surface area contributed by atoms with Crippen molar-refractivity contribution < 1.29 is 18.7 Å². The number of amides is 2. The summed E-state index contributed by atoms with van der Waals surface area (Å²) in [7, 11) is 1.54. The lowest BCUT2D eigenvalue weighted by molar-refractivity contribution is -0.130. The monoisotopic (exact) mass is 370 g/mol. The van der Waals surface area contributed by atoms with Crippen molar-refractivity contribution >= 4 is 11.8 Å². The first-order valence-electron chi connectivity index (χ1n) is 9.03. The largest absolute Gasteiger partial charge is 0.496 e. The minimum Gasteiger partial charge on any atom is -0.496 e. The molecule has 0 aromatic heterocycles. The van der Waals surface area contributed by atoms with E-state index in [4.69, 9.17) is 4.74 Å². The van der Waals surface area contributed by atoms with Gasteiger partial charge in [0.2, 0.25) is 5.91 Å². The normalized spacial score (nSPS) is 14.6. The van der Waals surface area contributed by atoms with Gasteiger partial charge in [-0.2, -0.15) is 0 Å². The number of hydrogen-bond donors (Lipinski definition) is 0. The minimum atomic E-state index is -0.343. The molecule has 0 aliphatic carbocycles. The van der Waals surface area contributed by atoms with Crippen molar-refractivity contribution in [3.63, 3.8) is 0 Å². The van der Waals surface area contributed by atoms with Crippen LogP contribution in [0.25, 0.3) is 0 Å². The Kier molecular flexibility index (Phi) is 6.06. The summed E-state index contributed by atoms with van der Waals surface area (Å²) in [6.07, 6.45) is 0.869. The number of carbonyl (C=O) groups is 2. The van der Waals surface area contributed by atoms with Crippen LogP contribution in [0.3, 0.4) is 0 Å². The molecule has 0 atom stereocenters. The van der Waals surface area contributed by atoms with Gasteiger partial charge in [-0.15, -0.1) is 0 Å². The quantitative estimate of drug-likeness (QED) is 0.832. The lowest BCUT2D eigenvalue weighted by Gasteiger charge is -2.23. The molecule has 2 aromatic rings. The number of carbonyl (C=O) groups excluding carboxylic acids is 2. The van der Waals surface area contributed by atoms with Crippen LogP contribution in [0.1, 0.15) is 22.3 Å². The maximum atomic E-state index is 13.3. The van der Waals surface area contributed by atoms with Crippen molar-refractivity contribution in [3.05, 3.63) is 65.5 Å². The molecular formula is C21H23FN2O3. The molecule has 0 radical (unpaired) electrons. The number of benzene rings is 2. The second-order valence-electron chi connectivity index (χ2n) is 6.53. The highest BCUT2D eigenvalue weighted by atomic mass is 19.1. The van der Waals surface area contributed by atoms with Gasteiger partial charge in [-0.05, 0) is 36.2 Å². The molecule has 1 aliphatic heterocycles. The molecule has 1 fully saturated rings. The number of rotatable bonds is 4. The Bertz CT molecular complexity index is 825. The zero-order valence-electron chi connectivity index (χ0n) is 15.4. The number of halogens is 1. The van der Waals surface area contributed by atoms with E-state index < -0.39 is 0 Å². The minimum absolute atomic E-state index is 0.0489. The van der Waals surface area contributed by atoms with E-state index >= 15 is 0 Å². The van der Waals surface area contributed by atoms with E-state index in [0.717, 1.165) is 0 Å². The molecule has 0 spiro atoms. The van der Waals surface area contributed by atoms with Gasteiger partial charge in [0.1, 0.15) is 11.6 Å². The Balaban J connectivity index is 1.63. The topological polar surface area (TPSA) is 49.9 Å². The predicted molar refractivity (Wildman–Crippen MR) is 100 cm³/mol. The van der Waals surface area contributed by atoms with E-state index in [-0.39, 0.29) is 24.1 Å². The second-order valence-corrected chi connectivity index (χ2v) is 6.53. The van der Waals surface area contributed by atoms with Crippen molar-refractivity contribution in [3.8, 4) is 5.75 Å². The highest BCUT2D eigenvalue weighted by molar-refractivity contribution is 5.97. The van der Waals surface area contributed by atoms with E-state index in [9.17, 15) is 14.0 Å². The average molecular weight is 370 g/mol. The van der Waals surface area contributed by atoms with Crippen LogP contribution < -0.4 is 4.74 Å². The number of para-hydroxylation sites is 1. The number of methoxy groups -OCH3 is 1. The molecular weight excluding hydrogens is 347 g/mol. The number of ether oxygens (including phenoxy) is 1. The fraction of sp³-hybridized carbons (Fsp3) is 0.333. The molecule has 0 unspecified atom stereocenters. The molecule has 2 amide bonds. The van der Waals surface area contributed by atoms with Crippen molar-refractivity contribution in [1.29, 1.82) is 0 Å². The SMILES string of the molecule is COc1ccccc1C(=O)N1CCCN(C(=O)Cc2cccc(F)c2)CC1. The van der Waals surface area contributed by atoms with Gasteiger partial charge in [0.15, 0.2) is 0 Å². The van der Waals surface area contributed by atoms with Gasteiger partial charge < -0.3 is 14.5 Å². The Labute approximate surface area is 158 Å². The summed E-state index contributed by atoms with van der Waals surface area (Å²) in [5.41, 5.74) is 1.19. The van der Waals surface area contributed by atoms with E-state index in [0.29, 0.717) is 49.5 Å². The second kappa shape index (κ2) is 8.66. The van der Waals surface area contributed by atoms with Crippen LogP contribution in [0.2, 0.25) is 0 Å². The average Bonchev–Trinajstić information content (AvgIpc) is 2.94. The fourth-order valence-electron chi connectivity index (χ4n) is 3.29. The van der Waals surface area contributed by atoms with Crippen molar-refractivity contribution in [1.82, 2.24) is 9.80 Å². The highest BCUT2D eigenvalue weighted by Crippen LogP contribution is 2.20. The van der Waals surface area contributed by atoms with Crippen LogP contribution >= 0.6 is 0 Å². The van der Waals surface area contributed by atoms with Gasteiger partial charge in [-0.1, -0.05) is 24.3 Å². The number of hydrogen-bond acceptors (Lipinski definition) is 3. The number of nitrogens with zero attached hydrogens (tertiary/aromatic N) is 2. The molecule has 142 valence electrons. The summed E-state index contributed by atoms with van der Waals surface area (Å²) in [5, 5.41) is 0. The summed E-state index contributed by atoms with van der Waals surface area (Å²) < 4.78 is 18.6. The van der Waals surface area contributed by atoms with Crippen molar-refractivity contribution in [2.75, 3.05) is 33.3 Å². The molecule has 1 saturated heterocycles. The molecule has 0 N–H and O–H groups in total. The first-order valence-corrected chi connectivity index (χ1v) is 9.03. The first kappa shape index (κ1) is 18.9. The van der Waals surface area contributed by atoms with Gasteiger partial charge in [-0.25, -0.2) is 4.39 Å². The third-order valence-corrected chi connectivity index (χ3v) is 4.72. The summed E-state index contributed by atoms with van der Waals surface area (Å²) in [6.45, 7) is 2.10. The zero-order valence-corrected chi connectivity index (χ0v) is 15.4. The fourth-order valence-corrected chi connectivity index (χ4v) is 3.29. The summed E-state index contributed by atoms with van der Waals surface area (Å²) in [6, 6.07) is 13.2. The van der Waals surface area contributed by atoms with Crippen molar-refractivity contribution in [2.45, 2.75) is 12.8 Å². The molecule has 2 aromatic carbocycles. The van der Waals surface area contributed by atoms with Crippen LogP contribution in [0, 0.1) is 5.82 Å². The van der Waals surface area contributed by atoms with Gasteiger partial charge in [0, 0.05) is 26.2 Å². The van der Waals surface area contributed by atoms with Crippen LogP contribution in [0.4, 0.5) is 4.39 Å². The third-order valence-electron chi connectivity index (χ3n) is 4.72. The predicted octanol–water partition coefficient (Wildman–Crippen LogP) is 2.75. The standard InChI is InChI=1S/C21H23FN2O3/c1-27-19-9-3-2-8-18(19)21(26)24-11-5-10-23(12-13-24)20(25)15-16-6-4-7-17(22)14-16/h2-4,6-9,14H,5,10-13,15H2,1H3. The maximum Gasteiger partial charge on any atom is 0.257 e. The lowest BCUT2D eigenvalue weighted by Crippen LogP contribution is -2.38. The van der Waals surface area contributed by atoms with Gasteiger partial charge in [-0.3, -0.25) is 9.59 Å². The smallest absolute Gasteiger partial charge is 0.257 e. The summed E-state index contributed by atoms with van der Waals surface area (Å²) in [5.74, 6) is 0.0644. The Morgan fingerprint density at radius 1 is 1.00 bits per heavy atom. The molecule has 0 saturated carbocycles. The van der Waals surface area contributed by atoms with E-state index in [2.05, 4.69) is 0 Å².